The van der Waals surface area contributed by atoms with E-state index in [-0.39, 0.29) is 0 Å². The van der Waals surface area contributed by atoms with Crippen molar-refractivity contribution in [3.05, 3.63) is 28.2 Å². The van der Waals surface area contributed by atoms with E-state index in [1.807, 2.05) is 19.1 Å². The van der Waals surface area contributed by atoms with Gasteiger partial charge in [0.15, 0.2) is 0 Å². The normalized spacial score (nSPS) is 24.3. The summed E-state index contributed by atoms with van der Waals surface area (Å²) < 4.78 is 27.1. The Bertz CT molecular complexity index is 484. The fourth-order valence-electron chi connectivity index (χ4n) is 1.72. The summed E-state index contributed by atoms with van der Waals surface area (Å²) in [6.07, 6.45) is 0.800. The van der Waals surface area contributed by atoms with Gasteiger partial charge in [-0.1, -0.05) is 28.9 Å². The second-order valence-electron chi connectivity index (χ2n) is 3.91. The molecule has 1 aliphatic rings. The molecule has 15 heavy (non-hydrogen) atoms. The van der Waals surface area contributed by atoms with Crippen LogP contribution in [0.1, 0.15) is 12.5 Å². The van der Waals surface area contributed by atoms with Gasteiger partial charge in [0.05, 0.1) is 4.90 Å². The molecule has 82 valence electrons. The zero-order valence-electron chi connectivity index (χ0n) is 8.33. The average Bonchev–Trinajstić information content (AvgIpc) is 2.27. The van der Waals surface area contributed by atoms with Crippen molar-refractivity contribution in [2.24, 2.45) is 5.92 Å². The van der Waals surface area contributed by atoms with Crippen LogP contribution < -0.4 is 4.72 Å². The highest BCUT2D eigenvalue weighted by Gasteiger charge is 2.24. The number of hydrogen-bond donors (Lipinski definition) is 1. The summed E-state index contributed by atoms with van der Waals surface area (Å²) in [5.41, 5.74) is 0.899. The Balaban J connectivity index is 2.61. The second-order valence-corrected chi connectivity index (χ2v) is 6.56. The summed E-state index contributed by atoms with van der Waals surface area (Å²) in [4.78, 5) is 0.404. The Hall–Kier alpha value is -0.390. The molecule has 1 heterocycles. The van der Waals surface area contributed by atoms with Gasteiger partial charge >= 0.3 is 0 Å². The predicted molar refractivity (Wildman–Crippen MR) is 62.2 cm³/mol. The third kappa shape index (κ3) is 2.24. The standard InChI is InChI=1S/C10H12BrNO2S/c1-7-4-8-2-3-9(11)5-10(8)15(13,14)12-6-7/h2-3,5,7,12H,4,6H2,1H3/t7-/m1/s1. The summed E-state index contributed by atoms with van der Waals surface area (Å²) in [7, 11) is -3.31. The van der Waals surface area contributed by atoms with Crippen molar-refractivity contribution in [1.82, 2.24) is 4.72 Å². The second kappa shape index (κ2) is 3.88. The van der Waals surface area contributed by atoms with Gasteiger partial charge in [-0.2, -0.15) is 0 Å². The summed E-state index contributed by atoms with van der Waals surface area (Å²) >= 11 is 3.29. The van der Waals surface area contributed by atoms with Crippen LogP contribution in [0.5, 0.6) is 0 Å². The molecule has 0 radical (unpaired) electrons. The number of fused-ring (bicyclic) bond motifs is 1. The van der Waals surface area contributed by atoms with Crippen LogP contribution >= 0.6 is 15.9 Å². The first kappa shape index (κ1) is 11.1. The van der Waals surface area contributed by atoms with Crippen molar-refractivity contribution >= 4 is 26.0 Å². The summed E-state index contributed by atoms with van der Waals surface area (Å²) in [5.74, 6) is 0.335. The van der Waals surface area contributed by atoms with Crippen molar-refractivity contribution in [3.63, 3.8) is 0 Å². The van der Waals surface area contributed by atoms with Crippen LogP contribution in [-0.4, -0.2) is 15.0 Å². The SMILES string of the molecule is C[C@H]1CNS(=O)(=O)c2cc(Br)ccc2C1. The molecule has 0 bridgehead atoms. The third-order valence-electron chi connectivity index (χ3n) is 2.51. The molecule has 0 saturated heterocycles. The minimum absolute atomic E-state index is 0.335. The molecule has 0 aliphatic carbocycles. The molecule has 1 aromatic rings. The number of rotatable bonds is 0. The van der Waals surface area contributed by atoms with Gasteiger partial charge in [-0.3, -0.25) is 0 Å². The first-order valence-electron chi connectivity index (χ1n) is 4.77. The number of nitrogens with one attached hydrogen (secondary N) is 1. The lowest BCUT2D eigenvalue weighted by atomic mass is 10.0. The van der Waals surface area contributed by atoms with Crippen molar-refractivity contribution in [1.29, 1.82) is 0 Å². The molecule has 5 heteroatoms. The molecule has 1 aromatic carbocycles. The monoisotopic (exact) mass is 289 g/mol. The van der Waals surface area contributed by atoms with Crippen LogP contribution in [0, 0.1) is 5.92 Å². The fraction of sp³-hybridized carbons (Fsp3) is 0.400. The molecule has 1 aliphatic heterocycles. The first-order valence-corrected chi connectivity index (χ1v) is 7.05. The lowest BCUT2D eigenvalue weighted by Crippen LogP contribution is -2.26. The third-order valence-corrected chi connectivity index (χ3v) is 4.51. The van der Waals surface area contributed by atoms with E-state index < -0.39 is 10.0 Å². The predicted octanol–water partition coefficient (Wildman–Crippen LogP) is 1.92. The number of sulfonamides is 1. The van der Waals surface area contributed by atoms with Gasteiger partial charge in [-0.15, -0.1) is 0 Å². The van der Waals surface area contributed by atoms with Gasteiger partial charge in [0.25, 0.3) is 0 Å². The van der Waals surface area contributed by atoms with Crippen molar-refractivity contribution in [2.45, 2.75) is 18.2 Å². The minimum Gasteiger partial charge on any atom is -0.211 e. The van der Waals surface area contributed by atoms with Crippen LogP contribution in [0.4, 0.5) is 0 Å². The summed E-state index contributed by atoms with van der Waals surface area (Å²) in [5, 5.41) is 0. The largest absolute Gasteiger partial charge is 0.240 e. The lowest BCUT2D eigenvalue weighted by molar-refractivity contribution is 0.552. The van der Waals surface area contributed by atoms with Gasteiger partial charge in [0, 0.05) is 11.0 Å². The van der Waals surface area contributed by atoms with E-state index in [9.17, 15) is 8.42 Å². The molecule has 0 amide bonds. The highest BCUT2D eigenvalue weighted by atomic mass is 79.9. The Morgan fingerprint density at radius 2 is 2.20 bits per heavy atom. The maximum absolute atomic E-state index is 11.9. The summed E-state index contributed by atoms with van der Waals surface area (Å²) in [6, 6.07) is 5.42. The zero-order chi connectivity index (χ0) is 11.1. The maximum Gasteiger partial charge on any atom is 0.240 e. The number of halogens is 1. The lowest BCUT2D eigenvalue weighted by Gasteiger charge is -2.06. The number of hydrogen-bond acceptors (Lipinski definition) is 2. The smallest absolute Gasteiger partial charge is 0.211 e. The van der Waals surface area contributed by atoms with Gasteiger partial charge in [0.2, 0.25) is 10.0 Å². The molecule has 3 nitrogen and oxygen atoms in total. The molecule has 0 spiro atoms. The van der Waals surface area contributed by atoms with Crippen LogP contribution in [0.25, 0.3) is 0 Å². The molecule has 0 fully saturated rings. The molecule has 0 unspecified atom stereocenters. The average molecular weight is 290 g/mol. The van der Waals surface area contributed by atoms with Crippen LogP contribution in [0.2, 0.25) is 0 Å². The Kier molecular flexibility index (Phi) is 2.87. The van der Waals surface area contributed by atoms with Crippen molar-refractivity contribution in [2.75, 3.05) is 6.54 Å². The van der Waals surface area contributed by atoms with E-state index in [1.165, 1.54) is 0 Å². The maximum atomic E-state index is 11.9. The molecule has 0 saturated carbocycles. The topological polar surface area (TPSA) is 46.2 Å². The Labute approximate surface area is 98.1 Å². The van der Waals surface area contributed by atoms with Crippen LogP contribution in [0.15, 0.2) is 27.6 Å². The van der Waals surface area contributed by atoms with E-state index in [4.69, 9.17) is 0 Å². The molecule has 2 rings (SSSR count). The van der Waals surface area contributed by atoms with Crippen molar-refractivity contribution in [3.8, 4) is 0 Å². The Morgan fingerprint density at radius 1 is 1.47 bits per heavy atom. The highest BCUT2D eigenvalue weighted by Crippen LogP contribution is 2.25. The van der Waals surface area contributed by atoms with E-state index >= 15 is 0 Å². The highest BCUT2D eigenvalue weighted by molar-refractivity contribution is 9.10. The molecule has 0 aromatic heterocycles. The van der Waals surface area contributed by atoms with Crippen LogP contribution in [0.3, 0.4) is 0 Å². The van der Waals surface area contributed by atoms with Gasteiger partial charge in [-0.25, -0.2) is 13.1 Å². The number of benzene rings is 1. The molecule has 1 atom stereocenters. The van der Waals surface area contributed by atoms with E-state index in [0.29, 0.717) is 17.4 Å². The van der Waals surface area contributed by atoms with Crippen molar-refractivity contribution < 1.29 is 8.42 Å². The molecule has 1 N–H and O–H groups in total. The molecular weight excluding hydrogens is 278 g/mol. The van der Waals surface area contributed by atoms with Gasteiger partial charge in [0.1, 0.15) is 0 Å². The van der Waals surface area contributed by atoms with E-state index in [1.54, 1.807) is 6.07 Å². The van der Waals surface area contributed by atoms with Crippen LogP contribution in [-0.2, 0) is 16.4 Å². The zero-order valence-corrected chi connectivity index (χ0v) is 10.7. The van der Waals surface area contributed by atoms with Gasteiger partial charge in [-0.05, 0) is 30.0 Å². The quantitative estimate of drug-likeness (QED) is 0.793. The molecular formula is C10H12BrNO2S. The summed E-state index contributed by atoms with van der Waals surface area (Å²) in [6.45, 7) is 2.55. The Morgan fingerprint density at radius 3 is 2.93 bits per heavy atom. The minimum atomic E-state index is -3.31. The first-order chi connectivity index (χ1) is 6.99. The van der Waals surface area contributed by atoms with Gasteiger partial charge < -0.3 is 0 Å². The fourth-order valence-corrected chi connectivity index (χ4v) is 3.68. The van der Waals surface area contributed by atoms with E-state index in [0.717, 1.165) is 16.5 Å². The van der Waals surface area contributed by atoms with E-state index in [2.05, 4.69) is 20.7 Å².